The molecule has 1 atom stereocenters. The first kappa shape index (κ1) is 13.7. The molecule has 2 rings (SSSR count). The molecule has 19 heavy (non-hydrogen) atoms. The Hall–Kier alpha value is -1.75. The predicted octanol–water partition coefficient (Wildman–Crippen LogP) is 2.43. The Kier molecular flexibility index (Phi) is 3.95. The quantitative estimate of drug-likeness (QED) is 0.899. The van der Waals surface area contributed by atoms with E-state index in [1.165, 1.54) is 12.1 Å². The van der Waals surface area contributed by atoms with E-state index < -0.39 is 0 Å². The van der Waals surface area contributed by atoms with Crippen LogP contribution in [0.4, 0.5) is 4.39 Å². The Morgan fingerprint density at radius 1 is 1.32 bits per heavy atom. The van der Waals surface area contributed by atoms with E-state index >= 15 is 0 Å². The second-order valence-corrected chi connectivity index (χ2v) is 4.94. The Labute approximate surface area is 111 Å². The summed E-state index contributed by atoms with van der Waals surface area (Å²) in [4.78, 5) is 4.39. The van der Waals surface area contributed by atoms with Crippen molar-refractivity contribution in [3.8, 4) is 0 Å². The van der Waals surface area contributed by atoms with E-state index in [0.29, 0.717) is 24.7 Å². The third kappa shape index (κ3) is 2.98. The van der Waals surface area contributed by atoms with Crippen molar-refractivity contribution in [2.24, 2.45) is 5.73 Å². The van der Waals surface area contributed by atoms with Crippen LogP contribution in [0.15, 0.2) is 28.8 Å². The Balaban J connectivity index is 2.15. The summed E-state index contributed by atoms with van der Waals surface area (Å²) in [5, 5.41) is 3.96. The van der Waals surface area contributed by atoms with Crippen molar-refractivity contribution in [1.82, 2.24) is 10.1 Å². The third-order valence-corrected chi connectivity index (χ3v) is 3.49. The number of aromatic nitrogens is 2. The lowest BCUT2D eigenvalue weighted by Gasteiger charge is -2.20. The molecule has 0 saturated heterocycles. The van der Waals surface area contributed by atoms with Gasteiger partial charge in [0.05, 0.1) is 5.41 Å². The van der Waals surface area contributed by atoms with Crippen LogP contribution in [0.5, 0.6) is 0 Å². The zero-order chi connectivity index (χ0) is 13.9. The van der Waals surface area contributed by atoms with E-state index in [1.54, 1.807) is 12.1 Å². The lowest BCUT2D eigenvalue weighted by molar-refractivity contribution is 0.289. The number of nitrogens with zero attached hydrogens (tertiary/aromatic N) is 2. The molecule has 102 valence electrons. The van der Waals surface area contributed by atoms with Crippen LogP contribution < -0.4 is 5.73 Å². The van der Waals surface area contributed by atoms with Gasteiger partial charge in [0.1, 0.15) is 5.82 Å². The van der Waals surface area contributed by atoms with Crippen LogP contribution in [-0.2, 0) is 11.8 Å². The summed E-state index contributed by atoms with van der Waals surface area (Å²) in [5.74, 6) is 0.906. The second kappa shape index (κ2) is 5.48. The van der Waals surface area contributed by atoms with Gasteiger partial charge in [-0.05, 0) is 31.0 Å². The van der Waals surface area contributed by atoms with Crippen molar-refractivity contribution in [2.75, 3.05) is 6.54 Å². The van der Waals surface area contributed by atoms with Gasteiger partial charge in [-0.15, -0.1) is 0 Å². The van der Waals surface area contributed by atoms with Crippen LogP contribution in [0.1, 0.15) is 37.5 Å². The van der Waals surface area contributed by atoms with Gasteiger partial charge >= 0.3 is 0 Å². The van der Waals surface area contributed by atoms with Gasteiger partial charge in [0.2, 0.25) is 5.89 Å². The van der Waals surface area contributed by atoms with Gasteiger partial charge in [0.25, 0.3) is 0 Å². The van der Waals surface area contributed by atoms with E-state index in [0.717, 1.165) is 12.0 Å². The summed E-state index contributed by atoms with van der Waals surface area (Å²) in [5.41, 5.74) is 6.42. The smallest absolute Gasteiger partial charge is 0.233 e. The van der Waals surface area contributed by atoms with Gasteiger partial charge in [0, 0.05) is 13.0 Å². The zero-order valence-corrected chi connectivity index (χ0v) is 11.2. The van der Waals surface area contributed by atoms with E-state index in [4.69, 9.17) is 10.3 Å². The molecule has 1 heterocycles. The second-order valence-electron chi connectivity index (χ2n) is 4.94. The van der Waals surface area contributed by atoms with Gasteiger partial charge in [-0.2, -0.15) is 4.98 Å². The number of hydrogen-bond acceptors (Lipinski definition) is 4. The molecular formula is C14H18FN3O. The number of nitrogens with two attached hydrogens (primary N) is 1. The summed E-state index contributed by atoms with van der Waals surface area (Å²) < 4.78 is 18.1. The van der Waals surface area contributed by atoms with Crippen LogP contribution in [0.25, 0.3) is 0 Å². The molecule has 0 aliphatic rings. The van der Waals surface area contributed by atoms with Gasteiger partial charge in [0.15, 0.2) is 5.82 Å². The molecule has 1 aromatic heterocycles. The summed E-state index contributed by atoms with van der Waals surface area (Å²) in [6, 6.07) is 6.28. The molecule has 1 aromatic carbocycles. The highest BCUT2D eigenvalue weighted by molar-refractivity contribution is 5.19. The first-order valence-electron chi connectivity index (χ1n) is 6.35. The van der Waals surface area contributed by atoms with Crippen LogP contribution in [-0.4, -0.2) is 16.7 Å². The molecular weight excluding hydrogens is 245 g/mol. The normalized spacial score (nSPS) is 14.3. The fourth-order valence-corrected chi connectivity index (χ4v) is 1.74. The standard InChI is InChI=1S/C14H18FN3O/c1-3-14(2,9-16)13-17-12(18-19-13)8-10-4-6-11(15)7-5-10/h4-7H,3,8-9,16H2,1-2H3. The largest absolute Gasteiger partial charge is 0.339 e. The molecule has 2 aromatic rings. The Morgan fingerprint density at radius 2 is 2.00 bits per heavy atom. The summed E-state index contributed by atoms with van der Waals surface area (Å²) in [6.45, 7) is 4.50. The van der Waals surface area contributed by atoms with Gasteiger partial charge in [-0.3, -0.25) is 0 Å². The minimum absolute atomic E-state index is 0.251. The minimum atomic E-state index is -0.284. The number of hydrogen-bond donors (Lipinski definition) is 1. The molecule has 0 aliphatic heterocycles. The highest BCUT2D eigenvalue weighted by atomic mass is 19.1. The molecule has 0 amide bonds. The zero-order valence-electron chi connectivity index (χ0n) is 11.2. The van der Waals surface area contributed by atoms with Crippen LogP contribution in [0.3, 0.4) is 0 Å². The van der Waals surface area contributed by atoms with E-state index in [-0.39, 0.29) is 11.2 Å². The molecule has 0 saturated carbocycles. The lowest BCUT2D eigenvalue weighted by atomic mass is 9.88. The van der Waals surface area contributed by atoms with Crippen molar-refractivity contribution in [1.29, 1.82) is 0 Å². The predicted molar refractivity (Wildman–Crippen MR) is 70.2 cm³/mol. The molecule has 0 spiro atoms. The first-order chi connectivity index (χ1) is 9.07. The fraction of sp³-hybridized carbons (Fsp3) is 0.429. The molecule has 0 radical (unpaired) electrons. The molecule has 0 bridgehead atoms. The van der Waals surface area contributed by atoms with E-state index in [9.17, 15) is 4.39 Å². The maximum Gasteiger partial charge on any atom is 0.233 e. The SMILES string of the molecule is CCC(C)(CN)c1nc(Cc2ccc(F)cc2)no1. The van der Waals surface area contributed by atoms with Gasteiger partial charge in [-0.25, -0.2) is 4.39 Å². The number of benzene rings is 1. The molecule has 2 N–H and O–H groups in total. The van der Waals surface area contributed by atoms with Gasteiger partial charge in [-0.1, -0.05) is 24.2 Å². The average molecular weight is 263 g/mol. The number of halogens is 1. The highest BCUT2D eigenvalue weighted by Crippen LogP contribution is 2.24. The lowest BCUT2D eigenvalue weighted by Crippen LogP contribution is -2.31. The van der Waals surface area contributed by atoms with Crippen LogP contribution in [0, 0.1) is 5.82 Å². The molecule has 4 nitrogen and oxygen atoms in total. The van der Waals surface area contributed by atoms with Crippen molar-refractivity contribution in [3.05, 3.63) is 47.4 Å². The van der Waals surface area contributed by atoms with Crippen molar-refractivity contribution in [2.45, 2.75) is 32.1 Å². The topological polar surface area (TPSA) is 64.9 Å². The van der Waals surface area contributed by atoms with Crippen molar-refractivity contribution < 1.29 is 8.91 Å². The van der Waals surface area contributed by atoms with E-state index in [2.05, 4.69) is 10.1 Å². The summed E-state index contributed by atoms with van der Waals surface area (Å²) in [6.07, 6.45) is 1.36. The molecule has 5 heteroatoms. The van der Waals surface area contributed by atoms with Crippen molar-refractivity contribution in [3.63, 3.8) is 0 Å². The summed E-state index contributed by atoms with van der Waals surface area (Å²) >= 11 is 0. The minimum Gasteiger partial charge on any atom is -0.339 e. The monoisotopic (exact) mass is 263 g/mol. The van der Waals surface area contributed by atoms with Gasteiger partial charge < -0.3 is 10.3 Å². The van der Waals surface area contributed by atoms with Crippen molar-refractivity contribution >= 4 is 0 Å². The van der Waals surface area contributed by atoms with Crippen LogP contribution >= 0.6 is 0 Å². The maximum atomic E-state index is 12.8. The Morgan fingerprint density at radius 3 is 2.58 bits per heavy atom. The maximum absolute atomic E-state index is 12.8. The number of rotatable bonds is 5. The van der Waals surface area contributed by atoms with E-state index in [1.807, 2.05) is 13.8 Å². The summed E-state index contributed by atoms with van der Waals surface area (Å²) in [7, 11) is 0. The highest BCUT2D eigenvalue weighted by Gasteiger charge is 2.29. The Bertz CT molecular complexity index is 532. The molecule has 0 aliphatic carbocycles. The fourth-order valence-electron chi connectivity index (χ4n) is 1.74. The third-order valence-electron chi connectivity index (χ3n) is 3.49. The first-order valence-corrected chi connectivity index (χ1v) is 6.35. The molecule has 1 unspecified atom stereocenters. The molecule has 0 fully saturated rings. The average Bonchev–Trinajstić information content (AvgIpc) is 2.89. The van der Waals surface area contributed by atoms with Crippen LogP contribution in [0.2, 0.25) is 0 Å².